The second-order valence-electron chi connectivity index (χ2n) is 4.62. The monoisotopic (exact) mass is 241 g/mol. The van der Waals surface area contributed by atoms with Crippen LogP contribution in [-0.2, 0) is 0 Å². The third kappa shape index (κ3) is 3.68. The first-order chi connectivity index (χ1) is 7.95. The Hall–Kier alpha value is -1.13. The third-order valence-corrected chi connectivity index (χ3v) is 2.69. The van der Waals surface area contributed by atoms with E-state index < -0.39 is 18.0 Å². The normalized spacial score (nSPS) is 14.8. The molecule has 0 aliphatic heterocycles. The molecule has 17 heavy (non-hydrogen) atoms. The highest BCUT2D eigenvalue weighted by atomic mass is 19.1. The molecule has 1 aromatic rings. The molecule has 1 rings (SSSR count). The second-order valence-corrected chi connectivity index (χ2v) is 4.62. The van der Waals surface area contributed by atoms with E-state index in [4.69, 9.17) is 10.5 Å². The maximum absolute atomic E-state index is 13.2. The lowest BCUT2D eigenvalue weighted by Gasteiger charge is -2.21. The van der Waals surface area contributed by atoms with Crippen molar-refractivity contribution in [3.8, 4) is 5.75 Å². The fourth-order valence-corrected chi connectivity index (χ4v) is 1.74. The molecule has 0 unspecified atom stereocenters. The van der Waals surface area contributed by atoms with E-state index in [1.165, 1.54) is 19.2 Å². The van der Waals surface area contributed by atoms with Crippen molar-refractivity contribution in [1.82, 2.24) is 0 Å². The Balaban J connectivity index is 2.84. The van der Waals surface area contributed by atoms with Crippen LogP contribution in [0.5, 0.6) is 5.75 Å². The predicted molar refractivity (Wildman–Crippen MR) is 65.3 cm³/mol. The minimum Gasteiger partial charge on any atom is -0.494 e. The number of nitrogens with two attached hydrogens (primary N) is 1. The number of halogens is 1. The molecule has 0 saturated carbocycles. The zero-order valence-electron chi connectivity index (χ0n) is 10.5. The molecular weight excluding hydrogens is 221 g/mol. The first kappa shape index (κ1) is 13.9. The van der Waals surface area contributed by atoms with Crippen molar-refractivity contribution in [2.24, 2.45) is 11.7 Å². The SMILES string of the molecule is COc1cc([C@@H](N)[C@@H](O)CC(C)C)ccc1F. The fourth-order valence-electron chi connectivity index (χ4n) is 1.74. The van der Waals surface area contributed by atoms with Crippen molar-refractivity contribution in [3.63, 3.8) is 0 Å². The second kappa shape index (κ2) is 5.98. The highest BCUT2D eigenvalue weighted by Gasteiger charge is 2.19. The smallest absolute Gasteiger partial charge is 0.165 e. The Bertz CT molecular complexity index is 368. The van der Waals surface area contributed by atoms with Crippen LogP contribution >= 0.6 is 0 Å². The number of ether oxygens (including phenoxy) is 1. The van der Waals surface area contributed by atoms with Crippen LogP contribution in [0.4, 0.5) is 4.39 Å². The van der Waals surface area contributed by atoms with Gasteiger partial charge in [0.15, 0.2) is 11.6 Å². The van der Waals surface area contributed by atoms with E-state index in [-0.39, 0.29) is 5.75 Å². The van der Waals surface area contributed by atoms with Gasteiger partial charge in [-0.05, 0) is 30.0 Å². The van der Waals surface area contributed by atoms with E-state index in [0.29, 0.717) is 17.9 Å². The van der Waals surface area contributed by atoms with Gasteiger partial charge in [-0.1, -0.05) is 19.9 Å². The molecule has 4 heteroatoms. The van der Waals surface area contributed by atoms with Gasteiger partial charge in [0, 0.05) is 0 Å². The van der Waals surface area contributed by atoms with Gasteiger partial charge < -0.3 is 15.6 Å². The summed E-state index contributed by atoms with van der Waals surface area (Å²) in [6.07, 6.45) is -0.0221. The van der Waals surface area contributed by atoms with Crippen LogP contribution in [0.3, 0.4) is 0 Å². The molecular formula is C13H20FNO2. The van der Waals surface area contributed by atoms with Crippen molar-refractivity contribution in [3.05, 3.63) is 29.6 Å². The van der Waals surface area contributed by atoms with Crippen molar-refractivity contribution >= 4 is 0 Å². The quantitative estimate of drug-likeness (QED) is 0.831. The van der Waals surface area contributed by atoms with Gasteiger partial charge in [-0.15, -0.1) is 0 Å². The van der Waals surface area contributed by atoms with Crippen LogP contribution < -0.4 is 10.5 Å². The Morgan fingerprint density at radius 3 is 2.59 bits per heavy atom. The van der Waals surface area contributed by atoms with E-state index >= 15 is 0 Å². The van der Waals surface area contributed by atoms with Gasteiger partial charge in [0.05, 0.1) is 19.3 Å². The van der Waals surface area contributed by atoms with Crippen molar-refractivity contribution in [1.29, 1.82) is 0 Å². The zero-order chi connectivity index (χ0) is 13.0. The Kier molecular flexibility index (Phi) is 4.90. The van der Waals surface area contributed by atoms with Crippen LogP contribution in [0.2, 0.25) is 0 Å². The van der Waals surface area contributed by atoms with E-state index in [9.17, 15) is 9.50 Å². The lowest BCUT2D eigenvalue weighted by Crippen LogP contribution is -2.27. The van der Waals surface area contributed by atoms with Crippen LogP contribution in [0.15, 0.2) is 18.2 Å². The molecule has 0 amide bonds. The van der Waals surface area contributed by atoms with Crippen LogP contribution in [0.25, 0.3) is 0 Å². The first-order valence-electron chi connectivity index (χ1n) is 5.72. The first-order valence-corrected chi connectivity index (χ1v) is 5.72. The molecule has 0 aliphatic carbocycles. The molecule has 3 N–H and O–H groups in total. The summed E-state index contributed by atoms with van der Waals surface area (Å²) in [6.45, 7) is 4.03. The average Bonchev–Trinajstić information content (AvgIpc) is 2.27. The molecule has 0 radical (unpaired) electrons. The van der Waals surface area contributed by atoms with Gasteiger partial charge in [0.2, 0.25) is 0 Å². The molecule has 3 nitrogen and oxygen atoms in total. The van der Waals surface area contributed by atoms with Gasteiger partial charge >= 0.3 is 0 Å². The van der Waals surface area contributed by atoms with Gasteiger partial charge in [0.1, 0.15) is 0 Å². The van der Waals surface area contributed by atoms with Crippen molar-refractivity contribution in [2.45, 2.75) is 32.4 Å². The molecule has 0 aromatic heterocycles. The molecule has 0 saturated heterocycles. The maximum atomic E-state index is 13.2. The third-order valence-electron chi connectivity index (χ3n) is 2.69. The Labute approximate surface area is 101 Å². The lowest BCUT2D eigenvalue weighted by atomic mass is 9.95. The zero-order valence-corrected chi connectivity index (χ0v) is 10.5. The Morgan fingerprint density at radius 1 is 1.41 bits per heavy atom. The van der Waals surface area contributed by atoms with Crippen molar-refractivity contribution < 1.29 is 14.2 Å². The summed E-state index contributed by atoms with van der Waals surface area (Å²) in [6, 6.07) is 3.89. The number of aliphatic hydroxyl groups excluding tert-OH is 1. The largest absolute Gasteiger partial charge is 0.494 e. The summed E-state index contributed by atoms with van der Waals surface area (Å²) in [5, 5.41) is 9.91. The van der Waals surface area contributed by atoms with E-state index in [0.717, 1.165) is 0 Å². The fraction of sp³-hybridized carbons (Fsp3) is 0.538. The number of benzene rings is 1. The molecule has 1 aromatic carbocycles. The summed E-state index contributed by atoms with van der Waals surface area (Å²) in [5.74, 6) is 0.0786. The molecule has 0 bridgehead atoms. The van der Waals surface area contributed by atoms with Gasteiger partial charge in [0.25, 0.3) is 0 Å². The van der Waals surface area contributed by atoms with Gasteiger partial charge in [-0.3, -0.25) is 0 Å². The summed E-state index contributed by atoms with van der Waals surface area (Å²) in [4.78, 5) is 0. The molecule has 0 fully saturated rings. The minimum atomic E-state index is -0.634. The summed E-state index contributed by atoms with van der Waals surface area (Å²) < 4.78 is 18.1. The average molecular weight is 241 g/mol. The summed E-state index contributed by atoms with van der Waals surface area (Å²) in [7, 11) is 1.40. The maximum Gasteiger partial charge on any atom is 0.165 e. The lowest BCUT2D eigenvalue weighted by molar-refractivity contribution is 0.121. The number of methoxy groups -OCH3 is 1. The van der Waals surface area contributed by atoms with E-state index in [1.54, 1.807) is 6.07 Å². The van der Waals surface area contributed by atoms with Crippen LogP contribution in [-0.4, -0.2) is 18.3 Å². The molecule has 2 atom stereocenters. The molecule has 0 heterocycles. The summed E-state index contributed by atoms with van der Waals surface area (Å²) in [5.41, 5.74) is 6.61. The minimum absolute atomic E-state index is 0.148. The number of hydrogen-bond acceptors (Lipinski definition) is 3. The van der Waals surface area contributed by atoms with Crippen LogP contribution in [0.1, 0.15) is 31.9 Å². The molecule has 0 spiro atoms. The van der Waals surface area contributed by atoms with Gasteiger partial charge in [-0.2, -0.15) is 0 Å². The Morgan fingerprint density at radius 2 is 2.06 bits per heavy atom. The number of rotatable bonds is 5. The predicted octanol–water partition coefficient (Wildman–Crippen LogP) is 2.24. The number of hydrogen-bond donors (Lipinski definition) is 2. The molecule has 0 aliphatic rings. The highest BCUT2D eigenvalue weighted by molar-refractivity contribution is 5.32. The van der Waals surface area contributed by atoms with E-state index in [2.05, 4.69) is 0 Å². The highest BCUT2D eigenvalue weighted by Crippen LogP contribution is 2.25. The van der Waals surface area contributed by atoms with Crippen LogP contribution in [0, 0.1) is 11.7 Å². The van der Waals surface area contributed by atoms with E-state index in [1.807, 2.05) is 13.8 Å². The topological polar surface area (TPSA) is 55.5 Å². The number of aliphatic hydroxyl groups is 1. The molecule has 96 valence electrons. The van der Waals surface area contributed by atoms with Crippen molar-refractivity contribution in [2.75, 3.05) is 7.11 Å². The standard InChI is InChI=1S/C13H20FNO2/c1-8(2)6-11(16)13(15)9-4-5-10(14)12(7-9)17-3/h4-5,7-8,11,13,16H,6,15H2,1-3H3/t11-,13+/m0/s1. The summed E-state index contributed by atoms with van der Waals surface area (Å²) >= 11 is 0. The van der Waals surface area contributed by atoms with Gasteiger partial charge in [-0.25, -0.2) is 4.39 Å².